The summed E-state index contributed by atoms with van der Waals surface area (Å²) in [5.41, 5.74) is 1.82. The fourth-order valence-corrected chi connectivity index (χ4v) is 1.66. The summed E-state index contributed by atoms with van der Waals surface area (Å²) in [6.45, 7) is 6.64. The van der Waals surface area contributed by atoms with Crippen molar-refractivity contribution in [3.63, 3.8) is 0 Å². The summed E-state index contributed by atoms with van der Waals surface area (Å²) in [5, 5.41) is 5.58. The molecule has 0 aromatic carbocycles. The highest BCUT2D eigenvalue weighted by molar-refractivity contribution is 5.73. The molecule has 1 rings (SSSR count). The first-order valence-electron chi connectivity index (χ1n) is 7.24. The van der Waals surface area contributed by atoms with Gasteiger partial charge in [-0.05, 0) is 31.9 Å². The third-order valence-electron chi connectivity index (χ3n) is 2.77. The summed E-state index contributed by atoms with van der Waals surface area (Å²) in [6, 6.07) is 5.60. The molecule has 0 saturated heterocycles. The molecule has 20 heavy (non-hydrogen) atoms. The Hall–Kier alpha value is -1.62. The van der Waals surface area contributed by atoms with Gasteiger partial charge in [-0.25, -0.2) is 4.79 Å². The summed E-state index contributed by atoms with van der Waals surface area (Å²) in [4.78, 5) is 15.9. The maximum atomic E-state index is 11.5. The van der Waals surface area contributed by atoms with Gasteiger partial charge in [-0.3, -0.25) is 4.98 Å². The average molecular weight is 279 g/mol. The van der Waals surface area contributed by atoms with Gasteiger partial charge in [0, 0.05) is 25.5 Å². The van der Waals surface area contributed by atoms with Crippen LogP contribution in [0.4, 0.5) is 4.79 Å². The highest BCUT2D eigenvalue weighted by Crippen LogP contribution is 1.97. The first-order valence-corrected chi connectivity index (χ1v) is 7.24. The van der Waals surface area contributed by atoms with Crippen molar-refractivity contribution in [2.45, 2.75) is 39.7 Å². The molecule has 112 valence electrons. The topological polar surface area (TPSA) is 63.2 Å². The number of carbonyl (C=O) groups is 1. The zero-order valence-electron chi connectivity index (χ0n) is 12.4. The van der Waals surface area contributed by atoms with E-state index in [0.717, 1.165) is 37.3 Å². The van der Waals surface area contributed by atoms with Gasteiger partial charge in [0.2, 0.25) is 0 Å². The molecule has 0 bridgehead atoms. The Kier molecular flexibility index (Phi) is 8.38. The molecular formula is C15H25N3O2. The van der Waals surface area contributed by atoms with Crippen molar-refractivity contribution < 1.29 is 9.53 Å². The van der Waals surface area contributed by atoms with Crippen molar-refractivity contribution in [3.05, 3.63) is 29.6 Å². The van der Waals surface area contributed by atoms with Crippen LogP contribution >= 0.6 is 0 Å². The summed E-state index contributed by atoms with van der Waals surface area (Å²) in [6.07, 6.45) is 3.07. The van der Waals surface area contributed by atoms with Gasteiger partial charge in [0.25, 0.3) is 0 Å². The van der Waals surface area contributed by atoms with Crippen molar-refractivity contribution in [1.82, 2.24) is 15.6 Å². The predicted molar refractivity (Wildman–Crippen MR) is 79.6 cm³/mol. The van der Waals surface area contributed by atoms with E-state index in [2.05, 4.69) is 22.5 Å². The average Bonchev–Trinajstić information content (AvgIpc) is 2.44. The fraction of sp³-hybridized carbons (Fsp3) is 0.600. The van der Waals surface area contributed by atoms with Gasteiger partial charge in [0.1, 0.15) is 0 Å². The lowest BCUT2D eigenvalue weighted by atomic mass is 10.3. The number of carbonyl (C=O) groups excluding carboxylic acids is 1. The van der Waals surface area contributed by atoms with Gasteiger partial charge in [-0.1, -0.05) is 19.4 Å². The third kappa shape index (κ3) is 7.74. The van der Waals surface area contributed by atoms with Crippen LogP contribution in [0.5, 0.6) is 0 Å². The Balaban J connectivity index is 2.03. The van der Waals surface area contributed by atoms with Crippen molar-refractivity contribution in [2.24, 2.45) is 0 Å². The number of unbranched alkanes of at least 4 members (excludes halogenated alkanes) is 1. The number of aryl methyl sites for hydroxylation is 1. The maximum Gasteiger partial charge on any atom is 0.315 e. The van der Waals surface area contributed by atoms with Gasteiger partial charge in [-0.15, -0.1) is 0 Å². The van der Waals surface area contributed by atoms with Crippen molar-refractivity contribution >= 4 is 6.03 Å². The van der Waals surface area contributed by atoms with E-state index in [-0.39, 0.29) is 6.03 Å². The second kappa shape index (κ2) is 10.2. The lowest BCUT2D eigenvalue weighted by molar-refractivity contribution is 0.129. The van der Waals surface area contributed by atoms with Gasteiger partial charge < -0.3 is 15.4 Å². The molecule has 0 radical (unpaired) electrons. The summed E-state index contributed by atoms with van der Waals surface area (Å²) < 4.78 is 5.42. The highest BCUT2D eigenvalue weighted by atomic mass is 16.5. The molecule has 0 unspecified atom stereocenters. The number of urea groups is 1. The summed E-state index contributed by atoms with van der Waals surface area (Å²) in [7, 11) is 0. The Labute approximate surface area is 121 Å². The van der Waals surface area contributed by atoms with E-state index in [1.54, 1.807) is 0 Å². The number of nitrogens with one attached hydrogen (secondary N) is 2. The molecule has 0 spiro atoms. The predicted octanol–water partition coefficient (Wildman–Crippen LogP) is 2.40. The molecule has 2 N–H and O–H groups in total. The minimum absolute atomic E-state index is 0.165. The number of rotatable bonds is 9. The fourth-order valence-electron chi connectivity index (χ4n) is 1.66. The SMILES string of the molecule is CCCCOCCCNC(=O)NCc1cccc(C)n1. The number of pyridine rings is 1. The van der Waals surface area contributed by atoms with Crippen LogP contribution in [0.1, 0.15) is 37.6 Å². The maximum absolute atomic E-state index is 11.5. The molecule has 1 heterocycles. The van der Waals surface area contributed by atoms with Crippen LogP contribution < -0.4 is 10.6 Å². The van der Waals surface area contributed by atoms with Gasteiger partial charge in [0.05, 0.1) is 12.2 Å². The molecule has 5 heteroatoms. The zero-order valence-corrected chi connectivity index (χ0v) is 12.4. The number of nitrogens with zero attached hydrogens (tertiary/aromatic N) is 1. The molecule has 2 amide bonds. The number of amides is 2. The number of aromatic nitrogens is 1. The number of hydrogen-bond donors (Lipinski definition) is 2. The molecular weight excluding hydrogens is 254 g/mol. The van der Waals surface area contributed by atoms with E-state index in [0.29, 0.717) is 19.7 Å². The standard InChI is InChI=1S/C15H25N3O2/c1-3-4-10-20-11-6-9-16-15(19)17-12-14-8-5-7-13(2)18-14/h5,7-8H,3-4,6,9-12H2,1-2H3,(H2,16,17,19). The van der Waals surface area contributed by atoms with Crippen LogP contribution in [0.15, 0.2) is 18.2 Å². The highest BCUT2D eigenvalue weighted by Gasteiger charge is 2.00. The van der Waals surface area contributed by atoms with Crippen LogP contribution in [0.2, 0.25) is 0 Å². The van der Waals surface area contributed by atoms with Gasteiger partial charge in [-0.2, -0.15) is 0 Å². The van der Waals surface area contributed by atoms with Gasteiger partial charge in [0.15, 0.2) is 0 Å². The molecule has 0 aliphatic carbocycles. The minimum Gasteiger partial charge on any atom is -0.381 e. The van der Waals surface area contributed by atoms with Crippen LogP contribution in [-0.4, -0.2) is 30.8 Å². The lowest BCUT2D eigenvalue weighted by Gasteiger charge is -2.08. The van der Waals surface area contributed by atoms with E-state index < -0.39 is 0 Å². The molecule has 0 atom stereocenters. The minimum atomic E-state index is -0.165. The third-order valence-corrected chi connectivity index (χ3v) is 2.77. The van der Waals surface area contributed by atoms with Crippen LogP contribution in [0, 0.1) is 6.92 Å². The van der Waals surface area contributed by atoms with Crippen molar-refractivity contribution in [2.75, 3.05) is 19.8 Å². The number of ether oxygens (including phenoxy) is 1. The molecule has 0 fully saturated rings. The summed E-state index contributed by atoms with van der Waals surface area (Å²) in [5.74, 6) is 0. The molecule has 0 aliphatic rings. The quantitative estimate of drug-likeness (QED) is 0.682. The smallest absolute Gasteiger partial charge is 0.315 e. The first-order chi connectivity index (χ1) is 9.72. The van der Waals surface area contributed by atoms with E-state index in [1.165, 1.54) is 0 Å². The second-order valence-electron chi connectivity index (χ2n) is 4.70. The lowest BCUT2D eigenvalue weighted by Crippen LogP contribution is -2.36. The van der Waals surface area contributed by atoms with E-state index in [1.807, 2.05) is 25.1 Å². The molecule has 1 aromatic heterocycles. The Morgan fingerprint density at radius 2 is 2.05 bits per heavy atom. The van der Waals surface area contributed by atoms with Gasteiger partial charge >= 0.3 is 6.03 Å². The second-order valence-corrected chi connectivity index (χ2v) is 4.70. The normalized spacial score (nSPS) is 10.3. The van der Waals surface area contributed by atoms with E-state index >= 15 is 0 Å². The zero-order chi connectivity index (χ0) is 14.6. The van der Waals surface area contributed by atoms with Crippen LogP contribution in [0.25, 0.3) is 0 Å². The Morgan fingerprint density at radius 1 is 1.25 bits per heavy atom. The van der Waals surface area contributed by atoms with E-state index in [4.69, 9.17) is 4.74 Å². The van der Waals surface area contributed by atoms with Crippen LogP contribution in [0.3, 0.4) is 0 Å². The largest absolute Gasteiger partial charge is 0.381 e. The monoisotopic (exact) mass is 279 g/mol. The number of hydrogen-bond acceptors (Lipinski definition) is 3. The Morgan fingerprint density at radius 3 is 2.80 bits per heavy atom. The van der Waals surface area contributed by atoms with Crippen molar-refractivity contribution in [3.8, 4) is 0 Å². The molecule has 0 saturated carbocycles. The van der Waals surface area contributed by atoms with E-state index in [9.17, 15) is 4.79 Å². The summed E-state index contributed by atoms with van der Waals surface area (Å²) >= 11 is 0. The van der Waals surface area contributed by atoms with Crippen LogP contribution in [-0.2, 0) is 11.3 Å². The first kappa shape index (κ1) is 16.4. The molecule has 5 nitrogen and oxygen atoms in total. The molecule has 0 aliphatic heterocycles. The Bertz CT molecular complexity index is 396. The molecule has 1 aromatic rings. The van der Waals surface area contributed by atoms with Crippen molar-refractivity contribution in [1.29, 1.82) is 0 Å².